The van der Waals surface area contributed by atoms with Crippen LogP contribution in [-0.4, -0.2) is 26.1 Å². The number of carbonyl (C=O) groups is 1. The van der Waals surface area contributed by atoms with Crippen LogP contribution in [0.2, 0.25) is 0 Å². The minimum atomic E-state index is -0.0173. The van der Waals surface area contributed by atoms with Crippen molar-refractivity contribution in [1.82, 2.24) is 10.6 Å². The van der Waals surface area contributed by atoms with E-state index in [0.717, 1.165) is 22.3 Å². The van der Waals surface area contributed by atoms with E-state index in [0.29, 0.717) is 13.0 Å². The molecule has 0 radical (unpaired) electrons. The van der Waals surface area contributed by atoms with E-state index >= 15 is 0 Å². The van der Waals surface area contributed by atoms with Gasteiger partial charge in [0.15, 0.2) is 0 Å². The van der Waals surface area contributed by atoms with Gasteiger partial charge < -0.3 is 15.4 Å². The Labute approximate surface area is 123 Å². The molecular weight excluding hydrogens is 308 g/mol. The van der Waals surface area contributed by atoms with Gasteiger partial charge >= 0.3 is 0 Å². The molecule has 19 heavy (non-hydrogen) atoms. The van der Waals surface area contributed by atoms with Crippen LogP contribution < -0.4 is 15.4 Å². The molecule has 0 saturated carbocycles. The van der Waals surface area contributed by atoms with Crippen molar-refractivity contribution >= 4 is 21.8 Å². The average Bonchev–Trinajstić information content (AvgIpc) is 2.38. The van der Waals surface area contributed by atoms with Gasteiger partial charge in [-0.25, -0.2) is 0 Å². The third-order valence-electron chi connectivity index (χ3n) is 2.83. The van der Waals surface area contributed by atoms with Gasteiger partial charge in [-0.1, -0.05) is 13.0 Å². The van der Waals surface area contributed by atoms with Crippen LogP contribution >= 0.6 is 15.9 Å². The fourth-order valence-electron chi connectivity index (χ4n) is 1.73. The van der Waals surface area contributed by atoms with Gasteiger partial charge in [0.05, 0.1) is 17.6 Å². The largest absolute Gasteiger partial charge is 0.496 e. The van der Waals surface area contributed by atoms with E-state index in [1.165, 1.54) is 0 Å². The van der Waals surface area contributed by atoms with Gasteiger partial charge in [-0.15, -0.1) is 0 Å². The van der Waals surface area contributed by atoms with Crippen molar-refractivity contribution < 1.29 is 9.53 Å². The lowest BCUT2D eigenvalue weighted by atomic mass is 10.1. The normalized spacial score (nSPS) is 12.0. The van der Waals surface area contributed by atoms with Crippen molar-refractivity contribution in [3.8, 4) is 5.75 Å². The first-order valence-corrected chi connectivity index (χ1v) is 7.21. The van der Waals surface area contributed by atoms with Gasteiger partial charge in [0.25, 0.3) is 0 Å². The van der Waals surface area contributed by atoms with Crippen LogP contribution in [0.5, 0.6) is 5.75 Å². The molecule has 0 bridgehead atoms. The summed E-state index contributed by atoms with van der Waals surface area (Å²) < 4.78 is 6.07. The highest BCUT2D eigenvalue weighted by atomic mass is 79.9. The number of ether oxygens (including phenoxy) is 1. The smallest absolute Gasteiger partial charge is 0.221 e. The second-order valence-corrected chi connectivity index (χ2v) is 5.14. The lowest BCUT2D eigenvalue weighted by Crippen LogP contribution is -2.29. The monoisotopic (exact) mass is 328 g/mol. The topological polar surface area (TPSA) is 50.4 Å². The molecule has 106 valence electrons. The Balaban J connectivity index is 2.55. The van der Waals surface area contributed by atoms with Crippen LogP contribution in [0.15, 0.2) is 22.7 Å². The summed E-state index contributed by atoms with van der Waals surface area (Å²) in [5.74, 6) is 0.842. The second-order valence-electron chi connectivity index (χ2n) is 4.29. The molecular formula is C14H21BrN2O2. The maximum atomic E-state index is 11.7. The van der Waals surface area contributed by atoms with E-state index in [-0.39, 0.29) is 11.9 Å². The molecule has 0 saturated heterocycles. The summed E-state index contributed by atoms with van der Waals surface area (Å²) in [5, 5.41) is 6.11. The average molecular weight is 329 g/mol. The molecule has 0 heterocycles. The Morgan fingerprint density at radius 3 is 2.79 bits per heavy atom. The van der Waals surface area contributed by atoms with E-state index in [9.17, 15) is 4.79 Å². The Morgan fingerprint density at radius 1 is 1.47 bits per heavy atom. The lowest BCUT2D eigenvalue weighted by molar-refractivity contribution is -0.121. The summed E-state index contributed by atoms with van der Waals surface area (Å²) >= 11 is 3.45. The maximum absolute atomic E-state index is 11.7. The lowest BCUT2D eigenvalue weighted by Gasteiger charge is -2.15. The predicted octanol–water partition coefficient (Wildman–Crippen LogP) is 2.63. The first-order valence-electron chi connectivity index (χ1n) is 6.42. The Bertz CT molecular complexity index is 424. The highest BCUT2D eigenvalue weighted by molar-refractivity contribution is 9.10. The van der Waals surface area contributed by atoms with Gasteiger partial charge in [-0.3, -0.25) is 4.79 Å². The number of carbonyl (C=O) groups excluding carboxylic acids is 1. The third-order valence-corrected chi connectivity index (χ3v) is 3.45. The summed E-state index contributed by atoms with van der Waals surface area (Å²) in [4.78, 5) is 11.7. The van der Waals surface area contributed by atoms with Gasteiger partial charge in [0, 0.05) is 13.0 Å². The fraction of sp³-hybridized carbons (Fsp3) is 0.500. The molecule has 0 aliphatic heterocycles. The molecule has 1 amide bonds. The zero-order valence-corrected chi connectivity index (χ0v) is 13.2. The molecule has 0 spiro atoms. The zero-order chi connectivity index (χ0) is 14.3. The highest BCUT2D eigenvalue weighted by Gasteiger charge is 2.11. The summed E-state index contributed by atoms with van der Waals surface area (Å²) in [7, 11) is 1.63. The maximum Gasteiger partial charge on any atom is 0.221 e. The summed E-state index contributed by atoms with van der Waals surface area (Å²) in [6.07, 6.45) is 0.496. The van der Waals surface area contributed by atoms with E-state index in [4.69, 9.17) is 4.74 Å². The van der Waals surface area contributed by atoms with E-state index in [1.54, 1.807) is 7.11 Å². The van der Waals surface area contributed by atoms with Crippen molar-refractivity contribution in [3.63, 3.8) is 0 Å². The Kier molecular flexibility index (Phi) is 6.87. The van der Waals surface area contributed by atoms with Crippen molar-refractivity contribution in [2.24, 2.45) is 0 Å². The molecule has 5 heteroatoms. The molecule has 1 unspecified atom stereocenters. The molecule has 0 aliphatic carbocycles. The standard InChI is InChI=1S/C14H21BrN2O2/c1-4-16-8-7-14(18)17-10(2)11-5-6-13(19-3)12(15)9-11/h5-6,9-10,16H,4,7-8H2,1-3H3,(H,17,18). The number of hydrogen-bond acceptors (Lipinski definition) is 3. The molecule has 0 aliphatic rings. The van der Waals surface area contributed by atoms with Crippen LogP contribution in [0.25, 0.3) is 0 Å². The van der Waals surface area contributed by atoms with Crippen LogP contribution in [-0.2, 0) is 4.79 Å². The predicted molar refractivity (Wildman–Crippen MR) is 80.4 cm³/mol. The van der Waals surface area contributed by atoms with Crippen LogP contribution in [0.4, 0.5) is 0 Å². The highest BCUT2D eigenvalue weighted by Crippen LogP contribution is 2.27. The fourth-order valence-corrected chi connectivity index (χ4v) is 2.29. The zero-order valence-electron chi connectivity index (χ0n) is 11.6. The van der Waals surface area contributed by atoms with Gasteiger partial charge in [-0.2, -0.15) is 0 Å². The molecule has 1 aromatic rings. The minimum Gasteiger partial charge on any atom is -0.496 e. The number of hydrogen-bond donors (Lipinski definition) is 2. The second kappa shape index (κ2) is 8.17. The van der Waals surface area contributed by atoms with Crippen molar-refractivity contribution in [3.05, 3.63) is 28.2 Å². The summed E-state index contributed by atoms with van der Waals surface area (Å²) in [6.45, 7) is 5.59. The quantitative estimate of drug-likeness (QED) is 0.756. The molecule has 4 nitrogen and oxygen atoms in total. The van der Waals surface area contributed by atoms with E-state index in [1.807, 2.05) is 32.0 Å². The summed E-state index contributed by atoms with van der Waals surface area (Å²) in [5.41, 5.74) is 1.05. The number of halogens is 1. The Hall–Kier alpha value is -1.07. The van der Waals surface area contributed by atoms with Crippen molar-refractivity contribution in [1.29, 1.82) is 0 Å². The number of amides is 1. The SMILES string of the molecule is CCNCCC(=O)NC(C)c1ccc(OC)c(Br)c1. The molecule has 1 rings (SSSR count). The Morgan fingerprint density at radius 2 is 2.21 bits per heavy atom. The third kappa shape index (κ3) is 5.20. The van der Waals surface area contributed by atoms with Crippen LogP contribution in [0, 0.1) is 0 Å². The molecule has 0 aromatic heterocycles. The van der Waals surface area contributed by atoms with Gasteiger partial charge in [0.1, 0.15) is 5.75 Å². The first kappa shape index (κ1) is 16.0. The van der Waals surface area contributed by atoms with Crippen molar-refractivity contribution in [2.75, 3.05) is 20.2 Å². The molecule has 0 fully saturated rings. The molecule has 2 N–H and O–H groups in total. The number of methoxy groups -OCH3 is 1. The molecule has 1 aromatic carbocycles. The van der Waals surface area contributed by atoms with E-state index in [2.05, 4.69) is 26.6 Å². The van der Waals surface area contributed by atoms with Crippen molar-refractivity contribution in [2.45, 2.75) is 26.3 Å². The number of benzene rings is 1. The minimum absolute atomic E-state index is 0.0173. The summed E-state index contributed by atoms with van der Waals surface area (Å²) in [6, 6.07) is 5.80. The molecule has 1 atom stereocenters. The van der Waals surface area contributed by atoms with Gasteiger partial charge in [0.2, 0.25) is 5.91 Å². The first-order chi connectivity index (χ1) is 9.08. The van der Waals surface area contributed by atoms with Gasteiger partial charge in [-0.05, 0) is 47.1 Å². The number of nitrogens with one attached hydrogen (secondary N) is 2. The van der Waals surface area contributed by atoms with E-state index < -0.39 is 0 Å². The van der Waals surface area contributed by atoms with Crippen LogP contribution in [0.3, 0.4) is 0 Å². The number of rotatable bonds is 7. The van der Waals surface area contributed by atoms with Crippen LogP contribution in [0.1, 0.15) is 31.9 Å².